The molecule has 3 aliphatic rings. The maximum atomic E-state index is 3.78. The second-order valence-corrected chi connectivity index (χ2v) is 8.90. The summed E-state index contributed by atoms with van der Waals surface area (Å²) in [5.41, 5.74) is 0.470. The Hall–Kier alpha value is -0.0800. The monoisotopic (exact) mass is 292 g/mol. The van der Waals surface area contributed by atoms with Crippen LogP contribution in [0.5, 0.6) is 0 Å². The topological polar surface area (TPSA) is 15.3 Å². The first-order chi connectivity index (χ1) is 10.1. The van der Waals surface area contributed by atoms with Crippen molar-refractivity contribution in [1.29, 1.82) is 0 Å². The van der Waals surface area contributed by atoms with E-state index in [9.17, 15) is 0 Å². The van der Waals surface area contributed by atoms with Gasteiger partial charge in [-0.2, -0.15) is 0 Å². The van der Waals surface area contributed by atoms with E-state index in [1.54, 1.807) is 0 Å². The molecule has 0 aromatic rings. The molecule has 3 atom stereocenters. The molecule has 0 bridgehead atoms. The Morgan fingerprint density at radius 3 is 2.24 bits per heavy atom. The highest BCUT2D eigenvalue weighted by atomic mass is 15.2. The van der Waals surface area contributed by atoms with Crippen LogP contribution in [0.1, 0.15) is 78.6 Å². The van der Waals surface area contributed by atoms with Gasteiger partial charge in [-0.3, -0.25) is 4.90 Å². The van der Waals surface area contributed by atoms with Gasteiger partial charge in [-0.1, -0.05) is 40.0 Å². The minimum atomic E-state index is 0.470. The third kappa shape index (κ3) is 4.01. The van der Waals surface area contributed by atoms with Crippen LogP contribution in [0.4, 0.5) is 0 Å². The zero-order valence-electron chi connectivity index (χ0n) is 14.5. The lowest BCUT2D eigenvalue weighted by Gasteiger charge is -2.47. The smallest absolute Gasteiger partial charge is 0.0195 e. The molecule has 1 saturated heterocycles. The summed E-state index contributed by atoms with van der Waals surface area (Å²) in [5, 5.41) is 3.78. The van der Waals surface area contributed by atoms with E-state index >= 15 is 0 Å². The van der Waals surface area contributed by atoms with Gasteiger partial charge in [0.25, 0.3) is 0 Å². The molecule has 1 heterocycles. The summed E-state index contributed by atoms with van der Waals surface area (Å²) in [4.78, 5) is 2.96. The first-order valence-electron chi connectivity index (χ1n) is 9.55. The van der Waals surface area contributed by atoms with Crippen molar-refractivity contribution >= 4 is 0 Å². The van der Waals surface area contributed by atoms with Gasteiger partial charge >= 0.3 is 0 Å². The predicted octanol–water partition coefficient (Wildman–Crippen LogP) is 4.20. The molecule has 0 aromatic heterocycles. The Labute approximate surface area is 132 Å². The van der Waals surface area contributed by atoms with Gasteiger partial charge in [-0.25, -0.2) is 0 Å². The van der Waals surface area contributed by atoms with E-state index in [-0.39, 0.29) is 0 Å². The first-order valence-corrected chi connectivity index (χ1v) is 9.55. The minimum absolute atomic E-state index is 0.470. The molecule has 1 aliphatic heterocycles. The Bertz CT molecular complexity index is 323. The maximum Gasteiger partial charge on any atom is 0.0195 e. The van der Waals surface area contributed by atoms with Crippen molar-refractivity contribution < 1.29 is 0 Å². The van der Waals surface area contributed by atoms with E-state index in [1.807, 2.05) is 0 Å². The second-order valence-electron chi connectivity index (χ2n) is 8.90. The fourth-order valence-corrected chi connectivity index (χ4v) is 4.81. The summed E-state index contributed by atoms with van der Waals surface area (Å²) >= 11 is 0. The lowest BCUT2D eigenvalue weighted by Crippen LogP contribution is -2.53. The lowest BCUT2D eigenvalue weighted by atomic mass is 9.69. The van der Waals surface area contributed by atoms with Gasteiger partial charge in [0.15, 0.2) is 0 Å². The minimum Gasteiger partial charge on any atom is -0.313 e. The number of hydrogen-bond acceptors (Lipinski definition) is 2. The SMILES string of the molecule is CC(C)(C)C1CCCCC1N(CC1CCCCN1)C1CC1. The third-order valence-electron chi connectivity index (χ3n) is 6.13. The van der Waals surface area contributed by atoms with Gasteiger partial charge in [0.05, 0.1) is 0 Å². The van der Waals surface area contributed by atoms with Crippen molar-refractivity contribution in [3.05, 3.63) is 0 Å². The number of nitrogens with zero attached hydrogens (tertiary/aromatic N) is 1. The molecule has 3 unspecified atom stereocenters. The first kappa shape index (κ1) is 15.8. The number of rotatable bonds is 4. The number of nitrogens with one attached hydrogen (secondary N) is 1. The summed E-state index contributed by atoms with van der Waals surface area (Å²) in [7, 11) is 0. The van der Waals surface area contributed by atoms with E-state index in [1.165, 1.54) is 70.9 Å². The van der Waals surface area contributed by atoms with Crippen LogP contribution in [0, 0.1) is 11.3 Å². The second kappa shape index (κ2) is 6.58. The summed E-state index contributed by atoms with van der Waals surface area (Å²) in [6.45, 7) is 9.98. The largest absolute Gasteiger partial charge is 0.313 e. The van der Waals surface area contributed by atoms with Gasteiger partial charge in [0.1, 0.15) is 0 Å². The molecular weight excluding hydrogens is 256 g/mol. The highest BCUT2D eigenvalue weighted by Crippen LogP contribution is 2.43. The molecular formula is C19H36N2. The molecule has 0 spiro atoms. The fraction of sp³-hybridized carbons (Fsp3) is 1.00. The molecule has 0 radical (unpaired) electrons. The third-order valence-corrected chi connectivity index (χ3v) is 6.13. The molecule has 2 heteroatoms. The highest BCUT2D eigenvalue weighted by Gasteiger charge is 2.42. The number of hydrogen-bond donors (Lipinski definition) is 1. The van der Waals surface area contributed by atoms with E-state index in [0.29, 0.717) is 5.41 Å². The normalized spacial score (nSPS) is 35.1. The average molecular weight is 293 g/mol. The molecule has 0 aromatic carbocycles. The predicted molar refractivity (Wildman–Crippen MR) is 90.6 cm³/mol. The summed E-state index contributed by atoms with van der Waals surface area (Å²) in [5.74, 6) is 0.899. The van der Waals surface area contributed by atoms with Crippen LogP contribution in [-0.2, 0) is 0 Å². The van der Waals surface area contributed by atoms with E-state index in [4.69, 9.17) is 0 Å². The Morgan fingerprint density at radius 1 is 0.905 bits per heavy atom. The van der Waals surface area contributed by atoms with Crippen molar-refractivity contribution in [2.75, 3.05) is 13.1 Å². The molecule has 3 rings (SSSR count). The average Bonchev–Trinajstić information content (AvgIpc) is 3.30. The maximum absolute atomic E-state index is 3.78. The zero-order chi connectivity index (χ0) is 14.9. The molecule has 21 heavy (non-hydrogen) atoms. The zero-order valence-corrected chi connectivity index (χ0v) is 14.5. The van der Waals surface area contributed by atoms with E-state index < -0.39 is 0 Å². The van der Waals surface area contributed by atoms with Crippen LogP contribution in [0.25, 0.3) is 0 Å². The molecule has 2 nitrogen and oxygen atoms in total. The molecule has 1 N–H and O–H groups in total. The molecule has 3 fully saturated rings. The molecule has 2 saturated carbocycles. The summed E-state index contributed by atoms with van der Waals surface area (Å²) in [6.07, 6.45) is 13.0. The lowest BCUT2D eigenvalue weighted by molar-refractivity contribution is 0.0285. The summed E-state index contributed by atoms with van der Waals surface area (Å²) < 4.78 is 0. The van der Waals surface area contributed by atoms with Crippen molar-refractivity contribution in [3.63, 3.8) is 0 Å². The van der Waals surface area contributed by atoms with Gasteiger partial charge in [-0.05, 0) is 56.4 Å². The van der Waals surface area contributed by atoms with Crippen LogP contribution in [0.15, 0.2) is 0 Å². The van der Waals surface area contributed by atoms with Gasteiger partial charge < -0.3 is 5.32 Å². The van der Waals surface area contributed by atoms with Gasteiger partial charge in [-0.15, -0.1) is 0 Å². The standard InChI is InChI=1S/C19H36N2/c1-19(2,3)17-9-4-5-10-18(17)21(16-11-12-16)14-15-8-6-7-13-20-15/h15-18,20H,4-14H2,1-3H3. The Kier molecular flexibility index (Phi) is 4.95. The molecule has 122 valence electrons. The van der Waals surface area contributed by atoms with Crippen molar-refractivity contribution in [2.24, 2.45) is 11.3 Å². The molecule has 2 aliphatic carbocycles. The van der Waals surface area contributed by atoms with Crippen LogP contribution in [0.3, 0.4) is 0 Å². The highest BCUT2D eigenvalue weighted by molar-refractivity contribution is 4.97. The van der Waals surface area contributed by atoms with E-state index in [0.717, 1.165) is 24.0 Å². The van der Waals surface area contributed by atoms with Crippen molar-refractivity contribution in [2.45, 2.75) is 96.7 Å². The quantitative estimate of drug-likeness (QED) is 0.835. The number of piperidine rings is 1. The van der Waals surface area contributed by atoms with Crippen molar-refractivity contribution in [1.82, 2.24) is 10.2 Å². The van der Waals surface area contributed by atoms with Crippen molar-refractivity contribution in [3.8, 4) is 0 Å². The van der Waals surface area contributed by atoms with Crippen LogP contribution in [0.2, 0.25) is 0 Å². The van der Waals surface area contributed by atoms with Gasteiger partial charge in [0, 0.05) is 24.7 Å². The Balaban J connectivity index is 1.69. The van der Waals surface area contributed by atoms with Crippen LogP contribution >= 0.6 is 0 Å². The van der Waals surface area contributed by atoms with Crippen LogP contribution in [-0.4, -0.2) is 36.1 Å². The summed E-state index contributed by atoms with van der Waals surface area (Å²) in [6, 6.07) is 2.54. The van der Waals surface area contributed by atoms with E-state index in [2.05, 4.69) is 31.0 Å². The fourth-order valence-electron chi connectivity index (χ4n) is 4.81. The Morgan fingerprint density at radius 2 is 1.62 bits per heavy atom. The van der Waals surface area contributed by atoms with Gasteiger partial charge in [0.2, 0.25) is 0 Å². The molecule has 0 amide bonds. The van der Waals surface area contributed by atoms with Crippen LogP contribution < -0.4 is 5.32 Å².